The average Bonchev–Trinajstić information content (AvgIpc) is 3.23. The van der Waals surface area contributed by atoms with E-state index < -0.39 is 6.29 Å². The largest absolute Gasteiger partial charge is 0.363 e. The smallest absolute Gasteiger partial charge is 0.196 e. The van der Waals surface area contributed by atoms with Gasteiger partial charge in [-0.15, -0.1) is 21.5 Å². The number of nitrogens with one attached hydrogen (secondary N) is 2. The van der Waals surface area contributed by atoms with E-state index in [0.717, 1.165) is 20.9 Å². The first-order valence-electron chi connectivity index (χ1n) is 7.64. The Morgan fingerprint density at radius 3 is 2.62 bits per heavy atom. The molecule has 3 heterocycles. The molecule has 0 spiro atoms. The van der Waals surface area contributed by atoms with E-state index >= 15 is 0 Å². The number of anilines is 4. The fourth-order valence-electron chi connectivity index (χ4n) is 2.27. The topological polar surface area (TPSA) is 116 Å². The Labute approximate surface area is 156 Å². The van der Waals surface area contributed by atoms with E-state index in [9.17, 15) is 0 Å². The molecule has 0 amide bonds. The molecule has 8 nitrogen and oxygen atoms in total. The molecule has 0 aliphatic rings. The SMILES string of the molecule is Cc1cc(Nc2nc(C(O)O)cs2)nnc1Nc1nc2ccccc2s1. The van der Waals surface area contributed by atoms with Gasteiger partial charge in [0.1, 0.15) is 5.69 Å². The number of nitrogens with zero attached hydrogens (tertiary/aromatic N) is 4. The van der Waals surface area contributed by atoms with Gasteiger partial charge in [-0.25, -0.2) is 9.97 Å². The molecule has 0 aliphatic heterocycles. The van der Waals surface area contributed by atoms with Gasteiger partial charge in [-0.3, -0.25) is 0 Å². The van der Waals surface area contributed by atoms with Crippen molar-refractivity contribution in [2.75, 3.05) is 10.6 Å². The lowest BCUT2D eigenvalue weighted by Crippen LogP contribution is -2.02. The number of thiazole rings is 2. The summed E-state index contributed by atoms with van der Waals surface area (Å²) in [5.41, 5.74) is 2.02. The van der Waals surface area contributed by atoms with E-state index in [1.165, 1.54) is 11.3 Å². The van der Waals surface area contributed by atoms with Crippen molar-refractivity contribution in [2.45, 2.75) is 13.2 Å². The Kier molecular flexibility index (Phi) is 4.47. The minimum absolute atomic E-state index is 0.191. The summed E-state index contributed by atoms with van der Waals surface area (Å²) in [6.07, 6.45) is -1.59. The van der Waals surface area contributed by atoms with Gasteiger partial charge in [0, 0.05) is 5.38 Å². The van der Waals surface area contributed by atoms with Gasteiger partial charge in [-0.2, -0.15) is 0 Å². The number of benzene rings is 1. The van der Waals surface area contributed by atoms with Crippen LogP contribution in [0, 0.1) is 6.92 Å². The summed E-state index contributed by atoms with van der Waals surface area (Å²) in [6.45, 7) is 1.92. The van der Waals surface area contributed by atoms with E-state index in [0.29, 0.717) is 16.8 Å². The number of hydrogen-bond donors (Lipinski definition) is 4. The van der Waals surface area contributed by atoms with Gasteiger partial charge in [0.2, 0.25) is 0 Å². The maximum absolute atomic E-state index is 9.11. The number of para-hydroxylation sites is 1. The summed E-state index contributed by atoms with van der Waals surface area (Å²) < 4.78 is 1.10. The number of aryl methyl sites for hydroxylation is 1. The zero-order chi connectivity index (χ0) is 18.1. The molecule has 4 aromatic rings. The van der Waals surface area contributed by atoms with Gasteiger partial charge in [0.15, 0.2) is 28.2 Å². The first kappa shape index (κ1) is 16.8. The van der Waals surface area contributed by atoms with Gasteiger partial charge in [0.25, 0.3) is 0 Å². The second-order valence-electron chi connectivity index (χ2n) is 5.45. The number of hydrogen-bond acceptors (Lipinski definition) is 10. The molecule has 0 bridgehead atoms. The molecule has 0 radical (unpaired) electrons. The molecule has 3 aromatic heterocycles. The molecule has 132 valence electrons. The Hall–Kier alpha value is -2.66. The highest BCUT2D eigenvalue weighted by Crippen LogP contribution is 2.29. The highest BCUT2D eigenvalue weighted by atomic mass is 32.1. The number of aromatic nitrogens is 4. The Morgan fingerprint density at radius 1 is 1.04 bits per heavy atom. The molecule has 0 saturated carbocycles. The van der Waals surface area contributed by atoms with Crippen LogP contribution in [0.2, 0.25) is 0 Å². The minimum Gasteiger partial charge on any atom is -0.363 e. The van der Waals surface area contributed by atoms with Crippen LogP contribution in [0.15, 0.2) is 35.7 Å². The fourth-order valence-corrected chi connectivity index (χ4v) is 3.86. The average molecular weight is 386 g/mol. The van der Waals surface area contributed by atoms with E-state index in [2.05, 4.69) is 30.8 Å². The van der Waals surface area contributed by atoms with Crippen molar-refractivity contribution >= 4 is 54.8 Å². The lowest BCUT2D eigenvalue weighted by atomic mass is 10.3. The number of rotatable bonds is 5. The highest BCUT2D eigenvalue weighted by molar-refractivity contribution is 7.22. The predicted octanol–water partition coefficient (Wildman–Crippen LogP) is 3.32. The minimum atomic E-state index is -1.59. The zero-order valence-corrected chi connectivity index (χ0v) is 15.2. The van der Waals surface area contributed by atoms with Crippen molar-refractivity contribution < 1.29 is 10.2 Å². The Balaban J connectivity index is 1.51. The summed E-state index contributed by atoms with van der Waals surface area (Å²) in [4.78, 5) is 8.59. The normalized spacial score (nSPS) is 11.2. The fraction of sp³-hybridized carbons (Fsp3) is 0.125. The van der Waals surface area contributed by atoms with Crippen LogP contribution in [0.4, 0.5) is 21.9 Å². The van der Waals surface area contributed by atoms with Crippen molar-refractivity contribution in [3.05, 3.63) is 47.0 Å². The van der Waals surface area contributed by atoms with Crippen molar-refractivity contribution in [2.24, 2.45) is 0 Å². The second kappa shape index (κ2) is 6.92. The Bertz CT molecular complexity index is 1030. The summed E-state index contributed by atoms with van der Waals surface area (Å²) in [5.74, 6) is 1.14. The van der Waals surface area contributed by atoms with Crippen molar-refractivity contribution in [3.8, 4) is 0 Å². The third-order valence-corrected chi connectivity index (χ3v) is 5.25. The predicted molar refractivity (Wildman–Crippen MR) is 102 cm³/mol. The van der Waals surface area contributed by atoms with Crippen molar-refractivity contribution in [3.63, 3.8) is 0 Å². The van der Waals surface area contributed by atoms with E-state index in [1.807, 2.05) is 37.3 Å². The van der Waals surface area contributed by atoms with Crippen LogP contribution in [-0.4, -0.2) is 30.4 Å². The number of aliphatic hydroxyl groups is 2. The van der Waals surface area contributed by atoms with Crippen LogP contribution < -0.4 is 10.6 Å². The maximum Gasteiger partial charge on any atom is 0.196 e. The lowest BCUT2D eigenvalue weighted by molar-refractivity contribution is -0.0453. The van der Waals surface area contributed by atoms with Crippen LogP contribution in [0.3, 0.4) is 0 Å². The second-order valence-corrected chi connectivity index (χ2v) is 7.34. The molecule has 0 unspecified atom stereocenters. The third-order valence-electron chi connectivity index (χ3n) is 3.53. The Morgan fingerprint density at radius 2 is 1.88 bits per heavy atom. The third kappa shape index (κ3) is 3.48. The molecule has 4 rings (SSSR count). The van der Waals surface area contributed by atoms with Crippen LogP contribution in [0.5, 0.6) is 0 Å². The van der Waals surface area contributed by atoms with Gasteiger partial charge < -0.3 is 20.8 Å². The maximum atomic E-state index is 9.11. The highest BCUT2D eigenvalue weighted by Gasteiger charge is 2.11. The standard InChI is InChI=1S/C16H14N6O2S2/c1-8-6-12(19-15-18-10(7-25-15)14(23)24)21-22-13(8)20-16-17-9-4-2-3-5-11(9)26-16/h2-7,14,23-24H,1H3,(H,17,20,22)(H,18,19,21). The lowest BCUT2D eigenvalue weighted by Gasteiger charge is -2.07. The number of aliphatic hydroxyl groups excluding tert-OH is 1. The molecule has 4 N–H and O–H groups in total. The summed E-state index contributed by atoms with van der Waals surface area (Å²) in [6, 6.07) is 9.76. The first-order valence-corrected chi connectivity index (χ1v) is 9.33. The van der Waals surface area contributed by atoms with E-state index in [1.54, 1.807) is 16.7 Å². The van der Waals surface area contributed by atoms with Crippen LogP contribution in [0.25, 0.3) is 10.2 Å². The van der Waals surface area contributed by atoms with Crippen LogP contribution >= 0.6 is 22.7 Å². The number of fused-ring (bicyclic) bond motifs is 1. The zero-order valence-electron chi connectivity index (χ0n) is 13.5. The monoisotopic (exact) mass is 386 g/mol. The van der Waals surface area contributed by atoms with E-state index in [-0.39, 0.29) is 5.69 Å². The molecule has 26 heavy (non-hydrogen) atoms. The summed E-state index contributed by atoms with van der Waals surface area (Å²) in [5, 5.41) is 35.6. The van der Waals surface area contributed by atoms with Crippen LogP contribution in [0.1, 0.15) is 17.5 Å². The van der Waals surface area contributed by atoms with Crippen LogP contribution in [-0.2, 0) is 0 Å². The molecular weight excluding hydrogens is 372 g/mol. The quantitative estimate of drug-likeness (QED) is 0.386. The van der Waals surface area contributed by atoms with Gasteiger partial charge >= 0.3 is 0 Å². The van der Waals surface area contributed by atoms with Gasteiger partial charge in [-0.1, -0.05) is 23.5 Å². The van der Waals surface area contributed by atoms with Crippen molar-refractivity contribution in [1.29, 1.82) is 0 Å². The molecule has 0 aliphatic carbocycles. The molecular formula is C16H14N6O2S2. The van der Waals surface area contributed by atoms with Crippen molar-refractivity contribution in [1.82, 2.24) is 20.2 Å². The summed E-state index contributed by atoms with van der Waals surface area (Å²) >= 11 is 2.81. The molecule has 0 atom stereocenters. The van der Waals surface area contributed by atoms with E-state index in [4.69, 9.17) is 10.2 Å². The van der Waals surface area contributed by atoms with Gasteiger partial charge in [-0.05, 0) is 30.7 Å². The molecule has 10 heteroatoms. The molecule has 0 fully saturated rings. The first-order chi connectivity index (χ1) is 12.6. The molecule has 0 saturated heterocycles. The van der Waals surface area contributed by atoms with Gasteiger partial charge in [0.05, 0.1) is 10.2 Å². The molecule has 1 aromatic carbocycles. The summed E-state index contributed by atoms with van der Waals surface area (Å²) in [7, 11) is 0.